The maximum absolute atomic E-state index is 10.6. The molecule has 0 spiro atoms. The first-order chi connectivity index (χ1) is 9.83. The van der Waals surface area contributed by atoms with Crippen LogP contribution in [0.15, 0.2) is 40.8 Å². The number of ether oxygens (including phenoxy) is 1. The monoisotopic (exact) mass is 272 g/mol. The second kappa shape index (κ2) is 7.53. The van der Waals surface area contributed by atoms with Crippen molar-refractivity contribution in [1.29, 1.82) is 0 Å². The standard InChI is InChI=1S/C17H20O3/c1-2-3-4-5-11-19-15-8-6-7-14(12-15)17-10-9-16(13-18)20-17/h6-10,12-13H,2-5,11H2,1H3. The Morgan fingerprint density at radius 2 is 2.05 bits per heavy atom. The van der Waals surface area contributed by atoms with Crippen LogP contribution in [0.4, 0.5) is 0 Å². The second-order valence-corrected chi connectivity index (χ2v) is 4.76. The van der Waals surface area contributed by atoms with Crippen LogP contribution in [0.2, 0.25) is 0 Å². The minimum Gasteiger partial charge on any atom is -0.494 e. The van der Waals surface area contributed by atoms with Crippen LogP contribution in [0.3, 0.4) is 0 Å². The molecule has 0 atom stereocenters. The minimum absolute atomic E-state index is 0.339. The summed E-state index contributed by atoms with van der Waals surface area (Å²) in [5.41, 5.74) is 0.921. The Morgan fingerprint density at radius 3 is 2.80 bits per heavy atom. The molecule has 0 saturated heterocycles. The highest BCUT2D eigenvalue weighted by Crippen LogP contribution is 2.25. The Balaban J connectivity index is 1.95. The van der Waals surface area contributed by atoms with Crippen molar-refractivity contribution in [3.05, 3.63) is 42.2 Å². The first-order valence-electron chi connectivity index (χ1n) is 7.11. The molecule has 0 amide bonds. The molecule has 3 nitrogen and oxygen atoms in total. The molecule has 1 heterocycles. The number of rotatable bonds is 8. The first-order valence-corrected chi connectivity index (χ1v) is 7.11. The van der Waals surface area contributed by atoms with Crippen molar-refractivity contribution >= 4 is 6.29 Å². The van der Waals surface area contributed by atoms with Gasteiger partial charge in [-0.05, 0) is 30.7 Å². The van der Waals surface area contributed by atoms with Gasteiger partial charge in [0, 0.05) is 5.56 Å². The first kappa shape index (κ1) is 14.4. The van der Waals surface area contributed by atoms with Crippen molar-refractivity contribution in [3.8, 4) is 17.1 Å². The molecular weight excluding hydrogens is 252 g/mol. The highest BCUT2D eigenvalue weighted by molar-refractivity contribution is 5.73. The van der Waals surface area contributed by atoms with Crippen LogP contribution in [0.25, 0.3) is 11.3 Å². The molecular formula is C17H20O3. The quantitative estimate of drug-likeness (QED) is 0.515. The van der Waals surface area contributed by atoms with Crippen molar-refractivity contribution < 1.29 is 13.9 Å². The number of hydrogen-bond acceptors (Lipinski definition) is 3. The van der Waals surface area contributed by atoms with Crippen molar-refractivity contribution in [2.24, 2.45) is 0 Å². The fraction of sp³-hybridized carbons (Fsp3) is 0.353. The molecule has 0 radical (unpaired) electrons. The summed E-state index contributed by atoms with van der Waals surface area (Å²) in [5, 5.41) is 0. The molecule has 106 valence electrons. The summed E-state index contributed by atoms with van der Waals surface area (Å²) in [5.74, 6) is 1.86. The predicted molar refractivity (Wildman–Crippen MR) is 79.2 cm³/mol. The summed E-state index contributed by atoms with van der Waals surface area (Å²) in [6.07, 6.45) is 5.47. The Bertz CT molecular complexity index is 543. The molecule has 0 N–H and O–H groups in total. The molecule has 0 aliphatic carbocycles. The molecule has 0 saturated carbocycles. The number of hydrogen-bond donors (Lipinski definition) is 0. The van der Waals surface area contributed by atoms with Crippen LogP contribution >= 0.6 is 0 Å². The van der Waals surface area contributed by atoms with E-state index in [9.17, 15) is 4.79 Å². The molecule has 20 heavy (non-hydrogen) atoms. The fourth-order valence-corrected chi connectivity index (χ4v) is 2.03. The van der Waals surface area contributed by atoms with E-state index in [-0.39, 0.29) is 0 Å². The molecule has 0 bridgehead atoms. The van der Waals surface area contributed by atoms with E-state index < -0.39 is 0 Å². The van der Waals surface area contributed by atoms with Gasteiger partial charge >= 0.3 is 0 Å². The number of unbranched alkanes of at least 4 members (excludes halogenated alkanes) is 3. The lowest BCUT2D eigenvalue weighted by molar-refractivity contribution is 0.110. The lowest BCUT2D eigenvalue weighted by Crippen LogP contribution is -1.97. The Hall–Kier alpha value is -2.03. The number of furan rings is 1. The second-order valence-electron chi connectivity index (χ2n) is 4.76. The highest BCUT2D eigenvalue weighted by atomic mass is 16.5. The third-order valence-electron chi connectivity index (χ3n) is 3.13. The molecule has 3 heteroatoms. The van der Waals surface area contributed by atoms with E-state index in [2.05, 4.69) is 6.92 Å². The summed E-state index contributed by atoms with van der Waals surface area (Å²) < 4.78 is 11.1. The number of aldehydes is 1. The molecule has 1 aromatic heterocycles. The van der Waals surface area contributed by atoms with E-state index >= 15 is 0 Å². The van der Waals surface area contributed by atoms with Gasteiger partial charge in [-0.1, -0.05) is 38.3 Å². The zero-order valence-corrected chi connectivity index (χ0v) is 11.8. The van der Waals surface area contributed by atoms with E-state index in [1.165, 1.54) is 19.3 Å². The number of benzene rings is 1. The zero-order valence-electron chi connectivity index (χ0n) is 11.8. The van der Waals surface area contributed by atoms with Gasteiger partial charge in [0.2, 0.25) is 0 Å². The maximum atomic E-state index is 10.6. The normalized spacial score (nSPS) is 10.4. The smallest absolute Gasteiger partial charge is 0.185 e. The number of carbonyl (C=O) groups is 1. The predicted octanol–water partition coefficient (Wildman–Crippen LogP) is 4.72. The zero-order chi connectivity index (χ0) is 14.2. The third kappa shape index (κ3) is 3.98. The summed E-state index contributed by atoms with van der Waals surface area (Å²) in [6, 6.07) is 11.2. The molecule has 0 unspecified atom stereocenters. The molecule has 0 fully saturated rings. The van der Waals surface area contributed by atoms with Gasteiger partial charge < -0.3 is 9.15 Å². The lowest BCUT2D eigenvalue weighted by atomic mass is 10.1. The average molecular weight is 272 g/mol. The van der Waals surface area contributed by atoms with Gasteiger partial charge in [-0.3, -0.25) is 4.79 Å². The number of carbonyl (C=O) groups excluding carboxylic acids is 1. The summed E-state index contributed by atoms with van der Waals surface area (Å²) >= 11 is 0. The fourth-order valence-electron chi connectivity index (χ4n) is 2.03. The lowest BCUT2D eigenvalue weighted by Gasteiger charge is -2.07. The van der Waals surface area contributed by atoms with Crippen LogP contribution in [-0.4, -0.2) is 12.9 Å². The Labute approximate surface area is 119 Å². The highest BCUT2D eigenvalue weighted by Gasteiger charge is 2.05. The van der Waals surface area contributed by atoms with Gasteiger partial charge in [-0.25, -0.2) is 0 Å². The van der Waals surface area contributed by atoms with Crippen LogP contribution in [0, 0.1) is 0 Å². The topological polar surface area (TPSA) is 39.4 Å². The summed E-state index contributed by atoms with van der Waals surface area (Å²) in [4.78, 5) is 10.6. The van der Waals surface area contributed by atoms with Crippen molar-refractivity contribution in [2.45, 2.75) is 32.6 Å². The van der Waals surface area contributed by atoms with Crippen molar-refractivity contribution in [2.75, 3.05) is 6.61 Å². The summed E-state index contributed by atoms with van der Waals surface area (Å²) in [6.45, 7) is 2.93. The van der Waals surface area contributed by atoms with Crippen molar-refractivity contribution in [1.82, 2.24) is 0 Å². The minimum atomic E-state index is 0.339. The van der Waals surface area contributed by atoms with Gasteiger partial charge in [0.05, 0.1) is 6.61 Å². The van der Waals surface area contributed by atoms with E-state index in [0.717, 1.165) is 24.3 Å². The Kier molecular flexibility index (Phi) is 5.42. The van der Waals surface area contributed by atoms with E-state index in [0.29, 0.717) is 17.8 Å². The van der Waals surface area contributed by atoms with E-state index in [4.69, 9.17) is 9.15 Å². The van der Waals surface area contributed by atoms with E-state index in [1.54, 1.807) is 12.1 Å². The Morgan fingerprint density at radius 1 is 1.15 bits per heavy atom. The maximum Gasteiger partial charge on any atom is 0.185 e. The largest absolute Gasteiger partial charge is 0.494 e. The molecule has 2 rings (SSSR count). The third-order valence-corrected chi connectivity index (χ3v) is 3.13. The van der Waals surface area contributed by atoms with Gasteiger partial charge in [0.1, 0.15) is 11.5 Å². The summed E-state index contributed by atoms with van der Waals surface area (Å²) in [7, 11) is 0. The van der Waals surface area contributed by atoms with Crippen LogP contribution in [-0.2, 0) is 0 Å². The molecule has 2 aromatic rings. The van der Waals surface area contributed by atoms with Crippen LogP contribution in [0.5, 0.6) is 5.75 Å². The van der Waals surface area contributed by atoms with Crippen LogP contribution in [0.1, 0.15) is 43.2 Å². The van der Waals surface area contributed by atoms with Gasteiger partial charge in [-0.2, -0.15) is 0 Å². The molecule has 0 aliphatic rings. The van der Waals surface area contributed by atoms with Crippen molar-refractivity contribution in [3.63, 3.8) is 0 Å². The average Bonchev–Trinajstić information content (AvgIpc) is 2.96. The SMILES string of the molecule is CCCCCCOc1cccc(-c2ccc(C=O)o2)c1. The van der Waals surface area contributed by atoms with Gasteiger partial charge in [-0.15, -0.1) is 0 Å². The molecule has 1 aromatic carbocycles. The van der Waals surface area contributed by atoms with E-state index in [1.807, 2.05) is 24.3 Å². The van der Waals surface area contributed by atoms with Gasteiger partial charge in [0.25, 0.3) is 0 Å². The van der Waals surface area contributed by atoms with Gasteiger partial charge in [0.15, 0.2) is 12.0 Å². The molecule has 0 aliphatic heterocycles. The van der Waals surface area contributed by atoms with Crippen LogP contribution < -0.4 is 4.74 Å².